The highest BCUT2D eigenvalue weighted by atomic mass is 16.5. The Kier molecular flexibility index (Phi) is 5.06. The van der Waals surface area contributed by atoms with Gasteiger partial charge in [-0.1, -0.05) is 12.1 Å². The van der Waals surface area contributed by atoms with E-state index in [2.05, 4.69) is 9.97 Å². The number of nitrogens with zero attached hydrogens (tertiary/aromatic N) is 2. The second-order valence-electron chi connectivity index (χ2n) is 5.19. The van der Waals surface area contributed by atoms with E-state index >= 15 is 0 Å². The Morgan fingerprint density at radius 3 is 2.86 bits per heavy atom. The summed E-state index contributed by atoms with van der Waals surface area (Å²) in [6, 6.07) is 7.13. The fourth-order valence-corrected chi connectivity index (χ4v) is 2.25. The number of hydrogen-bond acceptors (Lipinski definition) is 5. The van der Waals surface area contributed by atoms with Gasteiger partial charge in [0.05, 0.1) is 29.7 Å². The van der Waals surface area contributed by atoms with Gasteiger partial charge >= 0.3 is 0 Å². The molecule has 1 heterocycles. The highest BCUT2D eigenvalue weighted by Gasteiger charge is 2.18. The van der Waals surface area contributed by atoms with E-state index in [1.54, 1.807) is 13.2 Å². The molecule has 6 nitrogen and oxygen atoms in total. The Morgan fingerprint density at radius 1 is 1.43 bits per heavy atom. The van der Waals surface area contributed by atoms with Gasteiger partial charge in [0.2, 0.25) is 0 Å². The van der Waals surface area contributed by atoms with Gasteiger partial charge in [0.15, 0.2) is 0 Å². The number of nitrogens with one attached hydrogen (secondary N) is 1. The minimum atomic E-state index is -0.574. The quantitative estimate of drug-likeness (QED) is 0.827. The average Bonchev–Trinajstić information content (AvgIpc) is 2.46. The maximum absolute atomic E-state index is 12.1. The van der Waals surface area contributed by atoms with Crippen LogP contribution in [-0.4, -0.2) is 53.4 Å². The van der Waals surface area contributed by atoms with E-state index in [-0.39, 0.29) is 18.2 Å². The molecule has 0 saturated heterocycles. The third-order valence-electron chi connectivity index (χ3n) is 3.55. The molecule has 0 aliphatic rings. The maximum Gasteiger partial charge on any atom is 0.258 e. The minimum Gasteiger partial charge on any atom is -0.389 e. The van der Waals surface area contributed by atoms with Crippen molar-refractivity contribution in [2.75, 3.05) is 27.3 Å². The molecule has 0 spiro atoms. The number of rotatable bonds is 6. The maximum atomic E-state index is 12.1. The lowest BCUT2D eigenvalue weighted by molar-refractivity contribution is 0.0350. The largest absolute Gasteiger partial charge is 0.389 e. The van der Waals surface area contributed by atoms with Gasteiger partial charge in [0.1, 0.15) is 5.82 Å². The number of hydrogen-bond donors (Lipinski definition) is 2. The molecule has 2 unspecified atom stereocenters. The van der Waals surface area contributed by atoms with Gasteiger partial charge in [-0.25, -0.2) is 4.98 Å². The highest BCUT2D eigenvalue weighted by Crippen LogP contribution is 2.16. The predicted octanol–water partition coefficient (Wildman–Crippen LogP) is 0.923. The fraction of sp³-hybridized carbons (Fsp3) is 0.467. The molecule has 2 rings (SSSR count). The second kappa shape index (κ2) is 6.80. The predicted molar refractivity (Wildman–Crippen MR) is 81.3 cm³/mol. The van der Waals surface area contributed by atoms with Crippen LogP contribution < -0.4 is 5.56 Å². The zero-order valence-electron chi connectivity index (χ0n) is 12.5. The zero-order valence-corrected chi connectivity index (χ0v) is 12.5. The molecule has 21 heavy (non-hydrogen) atoms. The van der Waals surface area contributed by atoms with Crippen molar-refractivity contribution >= 4 is 10.9 Å². The van der Waals surface area contributed by atoms with Crippen LogP contribution in [0.25, 0.3) is 10.9 Å². The molecule has 0 amide bonds. The number of ether oxygens (including phenoxy) is 1. The summed E-state index contributed by atoms with van der Waals surface area (Å²) >= 11 is 0. The number of likely N-dealkylation sites (N-methyl/N-ethyl adjacent to an activating group) is 1. The normalized spacial score (nSPS) is 14.5. The Balaban J connectivity index is 2.23. The smallest absolute Gasteiger partial charge is 0.258 e. The average molecular weight is 291 g/mol. The SMILES string of the molecule is COCC(O)CN(C)C(C)c1nc2ccccc2c(=O)[nH]1. The van der Waals surface area contributed by atoms with Gasteiger partial charge in [-0.3, -0.25) is 9.69 Å². The molecule has 0 aliphatic heterocycles. The van der Waals surface area contributed by atoms with E-state index in [1.165, 1.54) is 0 Å². The van der Waals surface area contributed by atoms with Crippen molar-refractivity contribution in [1.29, 1.82) is 0 Å². The standard InChI is InChI=1S/C15H21N3O3/c1-10(18(2)8-11(19)9-21-3)14-16-13-7-5-4-6-12(13)15(20)17-14/h4-7,10-11,19H,8-9H2,1-3H3,(H,16,17,20). The summed E-state index contributed by atoms with van der Waals surface area (Å²) in [5, 5.41) is 10.4. The number of methoxy groups -OCH3 is 1. The summed E-state index contributed by atoms with van der Waals surface area (Å²) in [7, 11) is 3.42. The molecule has 114 valence electrons. The van der Waals surface area contributed by atoms with Crippen molar-refractivity contribution in [1.82, 2.24) is 14.9 Å². The van der Waals surface area contributed by atoms with Gasteiger partial charge in [0.25, 0.3) is 5.56 Å². The molecule has 0 saturated carbocycles. The summed E-state index contributed by atoms with van der Waals surface area (Å²) < 4.78 is 4.92. The Bertz CT molecular complexity index is 656. The van der Waals surface area contributed by atoms with Crippen LogP contribution in [0.15, 0.2) is 29.1 Å². The van der Waals surface area contributed by atoms with E-state index in [1.807, 2.05) is 37.1 Å². The molecule has 0 bridgehead atoms. The lowest BCUT2D eigenvalue weighted by atomic mass is 10.2. The number of para-hydroxylation sites is 1. The van der Waals surface area contributed by atoms with Crippen molar-refractivity contribution in [2.45, 2.75) is 19.1 Å². The van der Waals surface area contributed by atoms with Crippen LogP contribution in [0.5, 0.6) is 0 Å². The molecular formula is C15H21N3O3. The van der Waals surface area contributed by atoms with Crippen molar-refractivity contribution < 1.29 is 9.84 Å². The Hall–Kier alpha value is -1.76. The minimum absolute atomic E-state index is 0.117. The summed E-state index contributed by atoms with van der Waals surface area (Å²) in [5.74, 6) is 0.589. The van der Waals surface area contributed by atoms with Crippen LogP contribution in [-0.2, 0) is 4.74 Å². The van der Waals surface area contributed by atoms with E-state index in [9.17, 15) is 9.90 Å². The molecule has 2 aromatic rings. The topological polar surface area (TPSA) is 78.5 Å². The van der Waals surface area contributed by atoms with Crippen molar-refractivity contribution in [3.63, 3.8) is 0 Å². The molecule has 2 N–H and O–H groups in total. The molecular weight excluding hydrogens is 270 g/mol. The van der Waals surface area contributed by atoms with E-state index in [0.717, 1.165) is 0 Å². The summed E-state index contributed by atoms with van der Waals surface area (Å²) in [4.78, 5) is 21.3. The molecule has 1 aromatic heterocycles. The fourth-order valence-electron chi connectivity index (χ4n) is 2.25. The van der Waals surface area contributed by atoms with Crippen molar-refractivity contribution in [3.8, 4) is 0 Å². The lowest BCUT2D eigenvalue weighted by Gasteiger charge is -2.26. The van der Waals surface area contributed by atoms with E-state index < -0.39 is 6.10 Å². The summed E-state index contributed by atoms with van der Waals surface area (Å²) in [5.41, 5.74) is 0.530. The molecule has 2 atom stereocenters. The zero-order chi connectivity index (χ0) is 15.4. The Labute approximate surface area is 123 Å². The van der Waals surface area contributed by atoms with Crippen LogP contribution in [0, 0.1) is 0 Å². The van der Waals surface area contributed by atoms with Crippen molar-refractivity contribution in [3.05, 3.63) is 40.4 Å². The first-order chi connectivity index (χ1) is 10.0. The van der Waals surface area contributed by atoms with Crippen LogP contribution in [0.2, 0.25) is 0 Å². The van der Waals surface area contributed by atoms with Crippen LogP contribution in [0.4, 0.5) is 0 Å². The van der Waals surface area contributed by atoms with Gasteiger partial charge in [-0.15, -0.1) is 0 Å². The molecule has 0 aliphatic carbocycles. The number of fused-ring (bicyclic) bond motifs is 1. The molecule has 1 aromatic carbocycles. The molecule has 6 heteroatoms. The first-order valence-electron chi connectivity index (χ1n) is 6.89. The number of aromatic amines is 1. The van der Waals surface area contributed by atoms with E-state index in [0.29, 0.717) is 23.3 Å². The van der Waals surface area contributed by atoms with Crippen LogP contribution in [0.3, 0.4) is 0 Å². The first kappa shape index (κ1) is 15.6. The van der Waals surface area contributed by atoms with Crippen LogP contribution in [0.1, 0.15) is 18.8 Å². The van der Waals surface area contributed by atoms with Gasteiger partial charge in [-0.05, 0) is 26.1 Å². The first-order valence-corrected chi connectivity index (χ1v) is 6.89. The summed E-state index contributed by atoms with van der Waals surface area (Å²) in [6.45, 7) is 2.65. The number of aromatic nitrogens is 2. The number of benzene rings is 1. The van der Waals surface area contributed by atoms with Gasteiger partial charge in [0, 0.05) is 13.7 Å². The highest BCUT2D eigenvalue weighted by molar-refractivity contribution is 5.77. The van der Waals surface area contributed by atoms with Gasteiger partial charge < -0.3 is 14.8 Å². The van der Waals surface area contributed by atoms with E-state index in [4.69, 9.17) is 4.74 Å². The third kappa shape index (κ3) is 3.66. The Morgan fingerprint density at radius 2 is 2.14 bits per heavy atom. The van der Waals surface area contributed by atoms with Crippen molar-refractivity contribution in [2.24, 2.45) is 0 Å². The number of aliphatic hydroxyl groups is 1. The molecule has 0 radical (unpaired) electrons. The lowest BCUT2D eigenvalue weighted by Crippen LogP contribution is -2.35. The summed E-state index contributed by atoms with van der Waals surface area (Å²) in [6.07, 6.45) is -0.574. The molecule has 0 fully saturated rings. The monoisotopic (exact) mass is 291 g/mol. The number of H-pyrrole nitrogens is 1. The third-order valence-corrected chi connectivity index (χ3v) is 3.55. The number of aliphatic hydroxyl groups excluding tert-OH is 1. The van der Waals surface area contributed by atoms with Crippen LogP contribution >= 0.6 is 0 Å². The second-order valence-corrected chi connectivity index (χ2v) is 5.19. The van der Waals surface area contributed by atoms with Gasteiger partial charge in [-0.2, -0.15) is 0 Å².